The Hall–Kier alpha value is -1.10. The third-order valence-electron chi connectivity index (χ3n) is 2.22. The first kappa shape index (κ1) is 12.0. The van der Waals surface area contributed by atoms with Crippen molar-refractivity contribution < 1.29 is 4.21 Å². The fourth-order valence-electron chi connectivity index (χ4n) is 1.14. The summed E-state index contributed by atoms with van der Waals surface area (Å²) in [6.45, 7) is 4.54. The molecule has 1 rings (SSSR count). The number of hydrogen-bond donors (Lipinski definition) is 2. The minimum absolute atomic E-state index is 0.115. The number of pyridine rings is 1. The molecule has 2 atom stereocenters. The summed E-state index contributed by atoms with van der Waals surface area (Å²) >= 11 is 0. The molecule has 1 aromatic rings. The summed E-state index contributed by atoms with van der Waals surface area (Å²) in [5, 5.41) is 3.28. The van der Waals surface area contributed by atoms with Gasteiger partial charge in [-0.25, -0.2) is 4.98 Å². The van der Waals surface area contributed by atoms with E-state index in [2.05, 4.69) is 10.3 Å². The Labute approximate surface area is 92.7 Å². The molecule has 0 fully saturated rings. The zero-order chi connectivity index (χ0) is 11.4. The van der Waals surface area contributed by atoms with Crippen LogP contribution in [0.5, 0.6) is 0 Å². The molecule has 1 heterocycles. The number of hydrogen-bond acceptors (Lipinski definition) is 4. The summed E-state index contributed by atoms with van der Waals surface area (Å²) in [7, 11) is -0.810. The lowest BCUT2D eigenvalue weighted by molar-refractivity contribution is 0.678. The molecule has 5 heteroatoms. The summed E-state index contributed by atoms with van der Waals surface area (Å²) in [4.78, 5) is 4.17. The number of aromatic nitrogens is 1. The van der Waals surface area contributed by atoms with E-state index in [1.54, 1.807) is 12.5 Å². The normalized spacial score (nSPS) is 14.6. The zero-order valence-electron chi connectivity index (χ0n) is 9.28. The monoisotopic (exact) mass is 227 g/mol. The van der Waals surface area contributed by atoms with Gasteiger partial charge in [-0.2, -0.15) is 0 Å². The van der Waals surface area contributed by atoms with E-state index in [9.17, 15) is 4.21 Å². The van der Waals surface area contributed by atoms with Crippen LogP contribution in [0.25, 0.3) is 0 Å². The van der Waals surface area contributed by atoms with Gasteiger partial charge in [-0.15, -0.1) is 0 Å². The standard InChI is InChI=1S/C10H17N3OS/c1-7-4-9(11)6-13-10(7)12-5-8(2)15(3)14/h4,6,8H,5,11H2,1-3H3,(H,12,13). The van der Waals surface area contributed by atoms with Crippen LogP contribution in [0, 0.1) is 6.92 Å². The highest BCUT2D eigenvalue weighted by Gasteiger charge is 2.07. The average molecular weight is 227 g/mol. The van der Waals surface area contributed by atoms with E-state index in [4.69, 9.17) is 5.73 Å². The van der Waals surface area contributed by atoms with Crippen LogP contribution in [0.1, 0.15) is 12.5 Å². The maximum atomic E-state index is 11.1. The topological polar surface area (TPSA) is 68.0 Å². The first-order valence-corrected chi connectivity index (χ1v) is 6.41. The molecule has 0 amide bonds. The third kappa shape index (κ3) is 3.51. The first-order valence-electron chi connectivity index (χ1n) is 4.79. The molecule has 84 valence electrons. The number of anilines is 2. The molecule has 0 aromatic carbocycles. The van der Waals surface area contributed by atoms with E-state index in [0.29, 0.717) is 12.2 Å². The summed E-state index contributed by atoms with van der Waals surface area (Å²) in [5.41, 5.74) is 7.25. The van der Waals surface area contributed by atoms with E-state index in [1.807, 2.05) is 19.9 Å². The van der Waals surface area contributed by atoms with Crippen LogP contribution in [0.2, 0.25) is 0 Å². The summed E-state index contributed by atoms with van der Waals surface area (Å²) in [6, 6.07) is 1.86. The molecular weight excluding hydrogens is 210 g/mol. The second kappa shape index (κ2) is 5.11. The van der Waals surface area contributed by atoms with Crippen LogP contribution in [-0.2, 0) is 10.8 Å². The van der Waals surface area contributed by atoms with Gasteiger partial charge in [0.15, 0.2) is 0 Å². The van der Waals surface area contributed by atoms with Crippen molar-refractivity contribution in [2.24, 2.45) is 0 Å². The Kier molecular flexibility index (Phi) is 4.08. The smallest absolute Gasteiger partial charge is 0.129 e. The lowest BCUT2D eigenvalue weighted by atomic mass is 10.2. The maximum absolute atomic E-state index is 11.1. The Morgan fingerprint density at radius 2 is 2.33 bits per heavy atom. The van der Waals surface area contributed by atoms with Gasteiger partial charge < -0.3 is 11.1 Å². The average Bonchev–Trinajstić information content (AvgIpc) is 2.15. The van der Waals surface area contributed by atoms with Crippen LogP contribution in [0.4, 0.5) is 11.5 Å². The maximum Gasteiger partial charge on any atom is 0.129 e. The molecule has 0 bridgehead atoms. The molecule has 0 radical (unpaired) electrons. The number of nitrogen functional groups attached to an aromatic ring is 1. The van der Waals surface area contributed by atoms with Gasteiger partial charge >= 0.3 is 0 Å². The summed E-state index contributed by atoms with van der Waals surface area (Å²) in [5.74, 6) is 0.807. The van der Waals surface area contributed by atoms with Gasteiger partial charge in [0.25, 0.3) is 0 Å². The molecule has 2 unspecified atom stereocenters. The predicted molar refractivity (Wildman–Crippen MR) is 65.4 cm³/mol. The molecule has 0 spiro atoms. The highest BCUT2D eigenvalue weighted by atomic mass is 32.2. The Bertz CT molecular complexity index is 368. The van der Waals surface area contributed by atoms with Crippen molar-refractivity contribution in [2.45, 2.75) is 19.1 Å². The van der Waals surface area contributed by atoms with E-state index in [1.165, 1.54) is 0 Å². The second-order valence-corrected chi connectivity index (χ2v) is 5.43. The predicted octanol–water partition coefficient (Wildman–Crippen LogP) is 1.15. The van der Waals surface area contributed by atoms with Crippen molar-refractivity contribution >= 4 is 22.3 Å². The van der Waals surface area contributed by atoms with E-state index in [0.717, 1.165) is 11.4 Å². The van der Waals surface area contributed by atoms with Crippen LogP contribution >= 0.6 is 0 Å². The summed E-state index contributed by atoms with van der Waals surface area (Å²) < 4.78 is 11.1. The molecule has 0 saturated carbocycles. The van der Waals surface area contributed by atoms with E-state index in [-0.39, 0.29) is 5.25 Å². The van der Waals surface area contributed by atoms with Crippen molar-refractivity contribution in [3.8, 4) is 0 Å². The number of nitrogens with zero attached hydrogens (tertiary/aromatic N) is 1. The van der Waals surface area contributed by atoms with Crippen molar-refractivity contribution in [2.75, 3.05) is 23.9 Å². The highest BCUT2D eigenvalue weighted by Crippen LogP contribution is 2.13. The van der Waals surface area contributed by atoms with Gasteiger partial charge in [-0.05, 0) is 25.5 Å². The van der Waals surface area contributed by atoms with Crippen molar-refractivity contribution in [1.29, 1.82) is 0 Å². The van der Waals surface area contributed by atoms with Gasteiger partial charge in [-0.1, -0.05) is 0 Å². The van der Waals surface area contributed by atoms with Gasteiger partial charge in [0.05, 0.1) is 11.9 Å². The third-order valence-corrected chi connectivity index (χ3v) is 3.52. The van der Waals surface area contributed by atoms with E-state index < -0.39 is 10.8 Å². The molecular formula is C10H17N3OS. The molecule has 1 aromatic heterocycles. The molecule has 0 aliphatic heterocycles. The minimum atomic E-state index is -0.810. The number of aryl methyl sites for hydroxylation is 1. The van der Waals surface area contributed by atoms with Gasteiger partial charge in [0, 0.05) is 28.9 Å². The fourth-order valence-corrected chi connectivity index (χ4v) is 1.46. The molecule has 0 saturated heterocycles. The highest BCUT2D eigenvalue weighted by molar-refractivity contribution is 7.84. The Morgan fingerprint density at radius 1 is 1.67 bits per heavy atom. The van der Waals surface area contributed by atoms with Crippen LogP contribution < -0.4 is 11.1 Å². The molecule has 3 N–H and O–H groups in total. The van der Waals surface area contributed by atoms with Crippen molar-refractivity contribution in [1.82, 2.24) is 4.98 Å². The van der Waals surface area contributed by atoms with Crippen molar-refractivity contribution in [3.63, 3.8) is 0 Å². The molecule has 0 aliphatic carbocycles. The molecule has 4 nitrogen and oxygen atoms in total. The minimum Gasteiger partial charge on any atom is -0.397 e. The first-order chi connectivity index (χ1) is 7.00. The van der Waals surface area contributed by atoms with Crippen molar-refractivity contribution in [3.05, 3.63) is 17.8 Å². The quantitative estimate of drug-likeness (QED) is 0.809. The lowest BCUT2D eigenvalue weighted by Gasteiger charge is -2.12. The van der Waals surface area contributed by atoms with Gasteiger partial charge in [-0.3, -0.25) is 4.21 Å². The Morgan fingerprint density at radius 3 is 2.87 bits per heavy atom. The zero-order valence-corrected chi connectivity index (χ0v) is 10.1. The van der Waals surface area contributed by atoms with Crippen LogP contribution in [0.3, 0.4) is 0 Å². The van der Waals surface area contributed by atoms with Gasteiger partial charge in [0.2, 0.25) is 0 Å². The lowest BCUT2D eigenvalue weighted by Crippen LogP contribution is -2.21. The SMILES string of the molecule is Cc1cc(N)cnc1NCC(C)S(C)=O. The molecule has 0 aliphatic rings. The number of nitrogens with one attached hydrogen (secondary N) is 1. The summed E-state index contributed by atoms with van der Waals surface area (Å²) in [6.07, 6.45) is 3.32. The Balaban J connectivity index is 2.62. The molecule has 15 heavy (non-hydrogen) atoms. The van der Waals surface area contributed by atoms with E-state index >= 15 is 0 Å². The van der Waals surface area contributed by atoms with Gasteiger partial charge in [0.1, 0.15) is 5.82 Å². The van der Waals surface area contributed by atoms with Crippen LogP contribution in [0.15, 0.2) is 12.3 Å². The number of nitrogens with two attached hydrogens (primary N) is 1. The second-order valence-electron chi connectivity index (χ2n) is 3.62. The number of rotatable bonds is 4. The fraction of sp³-hybridized carbons (Fsp3) is 0.500. The largest absolute Gasteiger partial charge is 0.397 e. The van der Waals surface area contributed by atoms with Crippen LogP contribution in [-0.4, -0.2) is 27.2 Å².